The standard InChI is InChI=1S/C12H18Br2Cl2/c13-9-5-3-1-2-4-6-11(15)12(16)8-7-10(9)14/h1-2,9-12H,3-8H2. The fourth-order valence-electron chi connectivity index (χ4n) is 1.79. The van der Waals surface area contributed by atoms with Gasteiger partial charge >= 0.3 is 0 Å². The van der Waals surface area contributed by atoms with Gasteiger partial charge in [0.25, 0.3) is 0 Å². The molecule has 0 radical (unpaired) electrons. The van der Waals surface area contributed by atoms with E-state index in [4.69, 9.17) is 23.2 Å². The van der Waals surface area contributed by atoms with Crippen LogP contribution in [0.5, 0.6) is 0 Å². The van der Waals surface area contributed by atoms with Crippen molar-refractivity contribution in [3.63, 3.8) is 0 Å². The van der Waals surface area contributed by atoms with Gasteiger partial charge in [-0.2, -0.15) is 0 Å². The van der Waals surface area contributed by atoms with Crippen molar-refractivity contribution in [2.24, 2.45) is 0 Å². The Hall–Kier alpha value is 1.28. The van der Waals surface area contributed by atoms with E-state index in [2.05, 4.69) is 44.0 Å². The summed E-state index contributed by atoms with van der Waals surface area (Å²) < 4.78 is 0. The Morgan fingerprint density at radius 3 is 1.94 bits per heavy atom. The molecule has 16 heavy (non-hydrogen) atoms. The normalized spacial score (nSPS) is 38.8. The minimum Gasteiger partial charge on any atom is -0.121 e. The second-order valence-electron chi connectivity index (χ2n) is 4.27. The summed E-state index contributed by atoms with van der Waals surface area (Å²) in [6.07, 6.45) is 10.9. The number of rotatable bonds is 0. The summed E-state index contributed by atoms with van der Waals surface area (Å²) >= 11 is 20.0. The SMILES string of the molecule is ClC1CCC=CCCC(Br)C(Br)CCC1Cl. The molecule has 0 fully saturated rings. The Bertz CT molecular complexity index is 199. The lowest BCUT2D eigenvalue weighted by Crippen LogP contribution is -2.20. The summed E-state index contributed by atoms with van der Waals surface area (Å²) in [6, 6.07) is 0. The van der Waals surface area contributed by atoms with Gasteiger partial charge in [-0.1, -0.05) is 44.0 Å². The molecule has 0 heterocycles. The van der Waals surface area contributed by atoms with Crippen LogP contribution in [0.15, 0.2) is 12.2 Å². The second-order valence-corrected chi connectivity index (χ2v) is 7.74. The molecule has 1 rings (SSSR count). The van der Waals surface area contributed by atoms with E-state index in [0.717, 1.165) is 32.1 Å². The molecule has 0 N–H and O–H groups in total. The topological polar surface area (TPSA) is 0 Å². The van der Waals surface area contributed by atoms with Crippen LogP contribution in [0.3, 0.4) is 0 Å². The molecule has 0 saturated carbocycles. The summed E-state index contributed by atoms with van der Waals surface area (Å²) in [6.45, 7) is 0. The number of hydrogen-bond donors (Lipinski definition) is 0. The molecule has 4 heteroatoms. The minimum absolute atomic E-state index is 0.0919. The second kappa shape index (κ2) is 8.39. The summed E-state index contributed by atoms with van der Waals surface area (Å²) in [5.74, 6) is 0. The van der Waals surface area contributed by atoms with Gasteiger partial charge in [0.2, 0.25) is 0 Å². The van der Waals surface area contributed by atoms with Gasteiger partial charge in [-0.3, -0.25) is 0 Å². The molecule has 0 bridgehead atoms. The van der Waals surface area contributed by atoms with Crippen LogP contribution in [-0.4, -0.2) is 20.4 Å². The predicted octanol–water partition coefficient (Wildman–Crippen LogP) is 5.64. The van der Waals surface area contributed by atoms with Gasteiger partial charge in [-0.05, 0) is 38.5 Å². The fourth-order valence-corrected chi connectivity index (χ4v) is 3.35. The monoisotopic (exact) mass is 390 g/mol. The first kappa shape index (κ1) is 15.3. The summed E-state index contributed by atoms with van der Waals surface area (Å²) in [5, 5.41) is 0.188. The Kier molecular flexibility index (Phi) is 8.05. The first-order chi connectivity index (χ1) is 7.61. The molecular formula is C12H18Br2Cl2. The molecule has 0 saturated heterocycles. The Morgan fingerprint density at radius 1 is 0.750 bits per heavy atom. The van der Waals surface area contributed by atoms with Crippen molar-refractivity contribution in [3.8, 4) is 0 Å². The molecule has 94 valence electrons. The third-order valence-corrected chi connectivity index (χ3v) is 6.96. The zero-order valence-corrected chi connectivity index (χ0v) is 13.9. The molecule has 1 aliphatic rings. The van der Waals surface area contributed by atoms with Gasteiger partial charge < -0.3 is 0 Å². The minimum atomic E-state index is 0.0919. The highest BCUT2D eigenvalue weighted by molar-refractivity contribution is 9.12. The zero-order chi connectivity index (χ0) is 12.0. The first-order valence-electron chi connectivity index (χ1n) is 5.82. The number of allylic oxidation sites excluding steroid dienone is 2. The van der Waals surface area contributed by atoms with E-state index in [1.807, 2.05) is 0 Å². The van der Waals surface area contributed by atoms with Gasteiger partial charge in [0, 0.05) is 15.0 Å². The van der Waals surface area contributed by atoms with E-state index in [1.54, 1.807) is 0 Å². The smallest absolute Gasteiger partial charge is 0.0502 e. The lowest BCUT2D eigenvalue weighted by Gasteiger charge is -2.20. The van der Waals surface area contributed by atoms with Crippen molar-refractivity contribution in [1.82, 2.24) is 0 Å². The van der Waals surface area contributed by atoms with Crippen LogP contribution in [-0.2, 0) is 0 Å². The highest BCUT2D eigenvalue weighted by Crippen LogP contribution is 2.28. The number of halogens is 4. The van der Waals surface area contributed by atoms with E-state index in [9.17, 15) is 0 Å². The van der Waals surface area contributed by atoms with Gasteiger partial charge in [0.15, 0.2) is 0 Å². The van der Waals surface area contributed by atoms with Gasteiger partial charge in [-0.25, -0.2) is 0 Å². The molecule has 4 atom stereocenters. The third kappa shape index (κ3) is 5.75. The van der Waals surface area contributed by atoms with E-state index >= 15 is 0 Å². The predicted molar refractivity (Wildman–Crippen MR) is 81.6 cm³/mol. The lowest BCUT2D eigenvalue weighted by atomic mass is 10.0. The van der Waals surface area contributed by atoms with Crippen LogP contribution in [0.2, 0.25) is 0 Å². The van der Waals surface area contributed by atoms with Crippen LogP contribution < -0.4 is 0 Å². The summed E-state index contributed by atoms with van der Waals surface area (Å²) in [7, 11) is 0. The van der Waals surface area contributed by atoms with Crippen molar-refractivity contribution in [2.45, 2.75) is 58.9 Å². The molecule has 0 aromatic heterocycles. The first-order valence-corrected chi connectivity index (χ1v) is 8.53. The van der Waals surface area contributed by atoms with Crippen molar-refractivity contribution >= 4 is 55.1 Å². The quantitative estimate of drug-likeness (QED) is 0.369. The van der Waals surface area contributed by atoms with Crippen molar-refractivity contribution in [1.29, 1.82) is 0 Å². The number of alkyl halides is 4. The van der Waals surface area contributed by atoms with Crippen LogP contribution in [0, 0.1) is 0 Å². The van der Waals surface area contributed by atoms with E-state index in [1.165, 1.54) is 6.42 Å². The highest BCUT2D eigenvalue weighted by Gasteiger charge is 2.21. The highest BCUT2D eigenvalue weighted by atomic mass is 79.9. The largest absolute Gasteiger partial charge is 0.121 e. The zero-order valence-electron chi connectivity index (χ0n) is 9.22. The molecule has 0 spiro atoms. The lowest BCUT2D eigenvalue weighted by molar-refractivity contribution is 0.600. The van der Waals surface area contributed by atoms with Crippen LogP contribution in [0.4, 0.5) is 0 Å². The molecule has 0 aromatic carbocycles. The molecular weight excluding hydrogens is 375 g/mol. The molecule has 0 aromatic rings. The molecule has 0 nitrogen and oxygen atoms in total. The Labute approximate surface area is 125 Å². The summed E-state index contributed by atoms with van der Waals surface area (Å²) in [4.78, 5) is 1.01. The Morgan fingerprint density at radius 2 is 1.25 bits per heavy atom. The van der Waals surface area contributed by atoms with E-state index in [-0.39, 0.29) is 10.8 Å². The average molecular weight is 393 g/mol. The van der Waals surface area contributed by atoms with Gasteiger partial charge in [0.05, 0.1) is 5.38 Å². The van der Waals surface area contributed by atoms with Crippen molar-refractivity contribution in [2.75, 3.05) is 0 Å². The Balaban J connectivity index is 2.52. The average Bonchev–Trinajstić information content (AvgIpc) is 2.27. The molecule has 0 amide bonds. The van der Waals surface area contributed by atoms with Crippen LogP contribution in [0.1, 0.15) is 38.5 Å². The van der Waals surface area contributed by atoms with Gasteiger partial charge in [-0.15, -0.1) is 23.2 Å². The third-order valence-electron chi connectivity index (χ3n) is 2.89. The maximum Gasteiger partial charge on any atom is 0.0502 e. The van der Waals surface area contributed by atoms with Crippen molar-refractivity contribution < 1.29 is 0 Å². The molecule has 1 aliphatic carbocycles. The maximum atomic E-state index is 6.28. The fraction of sp³-hybridized carbons (Fsp3) is 0.833. The molecule has 4 unspecified atom stereocenters. The van der Waals surface area contributed by atoms with E-state index in [0.29, 0.717) is 9.65 Å². The summed E-state index contributed by atoms with van der Waals surface area (Å²) in [5.41, 5.74) is 0. The maximum absolute atomic E-state index is 6.28. The van der Waals surface area contributed by atoms with Crippen LogP contribution in [0.25, 0.3) is 0 Å². The van der Waals surface area contributed by atoms with Crippen LogP contribution >= 0.6 is 55.1 Å². The van der Waals surface area contributed by atoms with Crippen molar-refractivity contribution in [3.05, 3.63) is 12.2 Å². The number of hydrogen-bond acceptors (Lipinski definition) is 0. The van der Waals surface area contributed by atoms with E-state index < -0.39 is 0 Å². The molecule has 0 aliphatic heterocycles. The van der Waals surface area contributed by atoms with Gasteiger partial charge in [0.1, 0.15) is 0 Å².